The zero-order chi connectivity index (χ0) is 9.10. The topological polar surface area (TPSA) is 38.7 Å². The van der Waals surface area contributed by atoms with Gasteiger partial charge in [0.25, 0.3) is 0 Å². The first-order chi connectivity index (χ1) is 6.38. The SMILES string of the molecule is OC(C1=CCCO1)C1CCCOC1. The summed E-state index contributed by atoms with van der Waals surface area (Å²) in [6.45, 7) is 2.23. The van der Waals surface area contributed by atoms with Crippen LogP contribution in [0.1, 0.15) is 19.3 Å². The van der Waals surface area contributed by atoms with Crippen LogP contribution < -0.4 is 0 Å². The first-order valence-corrected chi connectivity index (χ1v) is 4.96. The minimum absolute atomic E-state index is 0.234. The highest BCUT2D eigenvalue weighted by Crippen LogP contribution is 2.25. The molecule has 0 spiro atoms. The Morgan fingerprint density at radius 3 is 3.00 bits per heavy atom. The first kappa shape index (κ1) is 9.03. The van der Waals surface area contributed by atoms with Gasteiger partial charge in [0.2, 0.25) is 0 Å². The van der Waals surface area contributed by atoms with Gasteiger partial charge in [0.15, 0.2) is 0 Å². The zero-order valence-corrected chi connectivity index (χ0v) is 7.74. The van der Waals surface area contributed by atoms with E-state index in [-0.39, 0.29) is 5.92 Å². The highest BCUT2D eigenvalue weighted by Gasteiger charge is 2.27. The normalized spacial score (nSPS) is 30.8. The molecule has 13 heavy (non-hydrogen) atoms. The number of aliphatic hydroxyl groups excluding tert-OH is 1. The van der Waals surface area contributed by atoms with Crippen LogP contribution in [0.2, 0.25) is 0 Å². The Labute approximate surface area is 78.3 Å². The second-order valence-corrected chi connectivity index (χ2v) is 3.67. The summed E-state index contributed by atoms with van der Waals surface area (Å²) in [5.41, 5.74) is 0. The molecule has 0 aromatic heterocycles. The fraction of sp³-hybridized carbons (Fsp3) is 0.800. The quantitative estimate of drug-likeness (QED) is 0.698. The number of hydrogen-bond donors (Lipinski definition) is 1. The van der Waals surface area contributed by atoms with Crippen molar-refractivity contribution < 1.29 is 14.6 Å². The average molecular weight is 184 g/mol. The number of rotatable bonds is 2. The van der Waals surface area contributed by atoms with Crippen molar-refractivity contribution >= 4 is 0 Å². The molecule has 0 amide bonds. The van der Waals surface area contributed by atoms with E-state index in [1.54, 1.807) is 0 Å². The lowest BCUT2D eigenvalue weighted by atomic mass is 9.95. The minimum atomic E-state index is -0.442. The molecule has 1 N–H and O–H groups in total. The van der Waals surface area contributed by atoms with E-state index in [1.807, 2.05) is 6.08 Å². The molecule has 3 nitrogen and oxygen atoms in total. The maximum Gasteiger partial charge on any atom is 0.121 e. The molecule has 2 rings (SSSR count). The second-order valence-electron chi connectivity index (χ2n) is 3.67. The molecule has 0 aromatic rings. The summed E-state index contributed by atoms with van der Waals surface area (Å²) >= 11 is 0. The maximum absolute atomic E-state index is 9.90. The van der Waals surface area contributed by atoms with E-state index < -0.39 is 6.10 Å². The smallest absolute Gasteiger partial charge is 0.121 e. The summed E-state index contributed by atoms with van der Waals surface area (Å²) in [5, 5.41) is 9.90. The molecule has 0 aliphatic carbocycles. The largest absolute Gasteiger partial charge is 0.495 e. The van der Waals surface area contributed by atoms with Crippen LogP contribution in [0.5, 0.6) is 0 Å². The van der Waals surface area contributed by atoms with E-state index >= 15 is 0 Å². The van der Waals surface area contributed by atoms with Gasteiger partial charge < -0.3 is 14.6 Å². The first-order valence-electron chi connectivity index (χ1n) is 4.96. The Morgan fingerprint density at radius 2 is 2.38 bits per heavy atom. The van der Waals surface area contributed by atoms with Crippen LogP contribution in [0.15, 0.2) is 11.8 Å². The summed E-state index contributed by atoms with van der Waals surface area (Å²) in [5.74, 6) is 0.994. The average Bonchev–Trinajstić information content (AvgIpc) is 2.71. The van der Waals surface area contributed by atoms with Crippen LogP contribution in [-0.2, 0) is 9.47 Å². The summed E-state index contributed by atoms with van der Waals surface area (Å²) in [6.07, 6.45) is 4.57. The van der Waals surface area contributed by atoms with E-state index in [2.05, 4.69) is 0 Å². The van der Waals surface area contributed by atoms with Gasteiger partial charge in [0.1, 0.15) is 11.9 Å². The van der Waals surface area contributed by atoms with Crippen molar-refractivity contribution in [3.8, 4) is 0 Å². The Hall–Kier alpha value is -0.540. The predicted octanol–water partition coefficient (Wildman–Crippen LogP) is 1.08. The van der Waals surface area contributed by atoms with Crippen LogP contribution in [-0.4, -0.2) is 31.0 Å². The van der Waals surface area contributed by atoms with Gasteiger partial charge in [-0.3, -0.25) is 0 Å². The third kappa shape index (κ3) is 2.03. The Bertz CT molecular complexity index is 194. The molecule has 0 saturated carbocycles. The second kappa shape index (κ2) is 4.11. The van der Waals surface area contributed by atoms with Crippen molar-refractivity contribution in [3.05, 3.63) is 11.8 Å². The summed E-state index contributed by atoms with van der Waals surface area (Å²) in [6, 6.07) is 0. The van der Waals surface area contributed by atoms with Crippen molar-refractivity contribution in [1.29, 1.82) is 0 Å². The van der Waals surface area contributed by atoms with Crippen molar-refractivity contribution in [1.82, 2.24) is 0 Å². The van der Waals surface area contributed by atoms with Crippen molar-refractivity contribution in [2.75, 3.05) is 19.8 Å². The molecule has 2 aliphatic rings. The van der Waals surface area contributed by atoms with Crippen LogP contribution in [0.3, 0.4) is 0 Å². The van der Waals surface area contributed by atoms with Crippen molar-refractivity contribution in [2.45, 2.75) is 25.4 Å². The molecule has 3 heteroatoms. The number of ether oxygens (including phenoxy) is 2. The van der Waals surface area contributed by atoms with E-state index in [4.69, 9.17) is 9.47 Å². The van der Waals surface area contributed by atoms with Gasteiger partial charge in [-0.2, -0.15) is 0 Å². The Kier molecular flexibility index (Phi) is 2.86. The number of aliphatic hydroxyl groups is 1. The third-order valence-corrected chi connectivity index (χ3v) is 2.67. The van der Waals surface area contributed by atoms with Crippen LogP contribution in [0.4, 0.5) is 0 Å². The molecule has 2 atom stereocenters. The van der Waals surface area contributed by atoms with Crippen LogP contribution >= 0.6 is 0 Å². The monoisotopic (exact) mass is 184 g/mol. The van der Waals surface area contributed by atoms with Gasteiger partial charge in [-0.05, 0) is 18.9 Å². The van der Waals surface area contributed by atoms with E-state index in [9.17, 15) is 5.11 Å². The number of hydrogen-bond acceptors (Lipinski definition) is 3. The van der Waals surface area contributed by atoms with Gasteiger partial charge in [0.05, 0.1) is 13.2 Å². The Morgan fingerprint density at radius 1 is 1.46 bits per heavy atom. The van der Waals surface area contributed by atoms with Gasteiger partial charge >= 0.3 is 0 Å². The highest BCUT2D eigenvalue weighted by molar-refractivity contribution is 5.05. The highest BCUT2D eigenvalue weighted by atomic mass is 16.5. The fourth-order valence-corrected chi connectivity index (χ4v) is 1.89. The molecule has 0 aromatic carbocycles. The molecular weight excluding hydrogens is 168 g/mol. The van der Waals surface area contributed by atoms with Gasteiger partial charge in [0, 0.05) is 18.9 Å². The Balaban J connectivity index is 1.90. The van der Waals surface area contributed by atoms with E-state index in [0.29, 0.717) is 6.61 Å². The van der Waals surface area contributed by atoms with E-state index in [1.165, 1.54) is 0 Å². The van der Waals surface area contributed by atoms with Gasteiger partial charge in [-0.15, -0.1) is 0 Å². The zero-order valence-electron chi connectivity index (χ0n) is 7.74. The molecule has 0 radical (unpaired) electrons. The lowest BCUT2D eigenvalue weighted by Crippen LogP contribution is -2.30. The molecule has 1 saturated heterocycles. The molecule has 0 bridgehead atoms. The maximum atomic E-state index is 9.90. The summed E-state index contributed by atoms with van der Waals surface area (Å²) in [7, 11) is 0. The minimum Gasteiger partial charge on any atom is -0.495 e. The van der Waals surface area contributed by atoms with Crippen LogP contribution in [0, 0.1) is 5.92 Å². The van der Waals surface area contributed by atoms with Gasteiger partial charge in [-0.1, -0.05) is 0 Å². The fourth-order valence-electron chi connectivity index (χ4n) is 1.89. The molecule has 74 valence electrons. The molecule has 1 fully saturated rings. The third-order valence-electron chi connectivity index (χ3n) is 2.67. The lowest BCUT2D eigenvalue weighted by molar-refractivity contribution is -0.0139. The lowest BCUT2D eigenvalue weighted by Gasteiger charge is -2.26. The van der Waals surface area contributed by atoms with Crippen molar-refractivity contribution in [2.24, 2.45) is 5.92 Å². The molecule has 2 unspecified atom stereocenters. The van der Waals surface area contributed by atoms with Crippen LogP contribution in [0.25, 0.3) is 0 Å². The molecule has 2 heterocycles. The van der Waals surface area contributed by atoms with Gasteiger partial charge in [-0.25, -0.2) is 0 Å². The summed E-state index contributed by atoms with van der Waals surface area (Å²) < 4.78 is 10.6. The standard InChI is InChI=1S/C10H16O3/c11-10(9-4-2-6-13-9)8-3-1-5-12-7-8/h4,8,10-11H,1-3,5-7H2. The van der Waals surface area contributed by atoms with E-state index in [0.717, 1.165) is 38.2 Å². The molecular formula is C10H16O3. The van der Waals surface area contributed by atoms with Crippen molar-refractivity contribution in [3.63, 3.8) is 0 Å². The summed E-state index contributed by atoms with van der Waals surface area (Å²) in [4.78, 5) is 0. The molecule has 2 aliphatic heterocycles. The predicted molar refractivity (Wildman–Crippen MR) is 48.2 cm³/mol.